The van der Waals surface area contributed by atoms with Crippen molar-refractivity contribution in [3.05, 3.63) is 29.8 Å². The molecule has 12 heavy (non-hydrogen) atoms. The van der Waals surface area contributed by atoms with E-state index in [1.807, 2.05) is 0 Å². The van der Waals surface area contributed by atoms with Crippen molar-refractivity contribution in [2.75, 3.05) is 0 Å². The third-order valence-corrected chi connectivity index (χ3v) is 1.17. The number of rotatable bonds is 0. The minimum atomic E-state index is -4.38. The molecule has 0 aromatic heterocycles. The van der Waals surface area contributed by atoms with Gasteiger partial charge in [0, 0.05) is 17.4 Å². The molecule has 0 radical (unpaired) electrons. The maximum atomic E-state index is 11.9. The molecule has 1 nitrogen and oxygen atoms in total. The zero-order chi connectivity index (χ0) is 8.48. The predicted octanol–water partition coefficient (Wildman–Crippen LogP) is 2.41. The molecule has 0 heterocycles. The van der Waals surface area contributed by atoms with E-state index in [2.05, 4.69) is 0 Å². The molecule has 0 aliphatic carbocycles. The Morgan fingerprint density at radius 2 is 1.75 bits per heavy atom. The maximum Gasteiger partial charge on any atom is 0.416 e. The van der Waals surface area contributed by atoms with Crippen LogP contribution in [0.1, 0.15) is 5.56 Å². The number of phenolic OH excluding ortho intramolecular Hbond substituents is 1. The molecular formula is C7H5CrF3O. The number of hydrogen-bond donors (Lipinski definition) is 1. The molecule has 1 aromatic rings. The molecule has 0 amide bonds. The monoisotopic (exact) mass is 214 g/mol. The summed E-state index contributed by atoms with van der Waals surface area (Å²) >= 11 is 0. The fraction of sp³-hybridized carbons (Fsp3) is 0.143. The largest absolute Gasteiger partial charge is 0.508 e. The first-order valence-electron chi connectivity index (χ1n) is 2.86. The van der Waals surface area contributed by atoms with Crippen LogP contribution in [0.3, 0.4) is 0 Å². The topological polar surface area (TPSA) is 20.2 Å². The maximum absolute atomic E-state index is 11.9. The summed E-state index contributed by atoms with van der Waals surface area (Å²) in [5.41, 5.74) is -0.836. The van der Waals surface area contributed by atoms with Crippen LogP contribution in [0.25, 0.3) is 0 Å². The summed E-state index contributed by atoms with van der Waals surface area (Å²) in [5.74, 6) is -0.375. The summed E-state index contributed by atoms with van der Waals surface area (Å²) in [6, 6.07) is 3.92. The van der Waals surface area contributed by atoms with E-state index >= 15 is 0 Å². The molecule has 5 heteroatoms. The zero-order valence-corrected chi connectivity index (χ0v) is 7.07. The summed E-state index contributed by atoms with van der Waals surface area (Å²) in [5, 5.41) is 8.68. The predicted molar refractivity (Wildman–Crippen MR) is 33.1 cm³/mol. The first kappa shape index (κ1) is 11.3. The Balaban J connectivity index is 0.00000121. The van der Waals surface area contributed by atoms with Crippen LogP contribution < -0.4 is 0 Å². The van der Waals surface area contributed by atoms with Crippen molar-refractivity contribution >= 4 is 0 Å². The third-order valence-electron chi connectivity index (χ3n) is 1.17. The van der Waals surface area contributed by atoms with Gasteiger partial charge in [-0.3, -0.25) is 0 Å². The summed E-state index contributed by atoms with van der Waals surface area (Å²) < 4.78 is 35.6. The summed E-state index contributed by atoms with van der Waals surface area (Å²) in [6.07, 6.45) is -4.38. The second-order valence-electron chi connectivity index (χ2n) is 2.05. The fourth-order valence-corrected chi connectivity index (χ4v) is 0.682. The van der Waals surface area contributed by atoms with Crippen LogP contribution in [0.5, 0.6) is 5.75 Å². The molecule has 1 rings (SSSR count). The standard InChI is InChI=1S/C7H5F3O.Cr/c8-7(9,10)5-2-1-3-6(11)4-5;/h1-4,11H;. The van der Waals surface area contributed by atoms with Crippen molar-refractivity contribution in [3.8, 4) is 5.75 Å². The SMILES string of the molecule is Oc1cccc(C(F)(F)F)c1.[Cr]. The van der Waals surface area contributed by atoms with E-state index < -0.39 is 11.7 Å². The number of benzene rings is 1. The summed E-state index contributed by atoms with van der Waals surface area (Å²) in [7, 11) is 0. The minimum absolute atomic E-state index is 0. The molecule has 1 aromatic carbocycles. The van der Waals surface area contributed by atoms with E-state index in [9.17, 15) is 13.2 Å². The van der Waals surface area contributed by atoms with Gasteiger partial charge in [-0.1, -0.05) is 6.07 Å². The van der Waals surface area contributed by atoms with Gasteiger partial charge in [0.05, 0.1) is 5.56 Å². The molecule has 0 saturated heterocycles. The second-order valence-corrected chi connectivity index (χ2v) is 2.05. The Bertz CT molecular complexity index is 259. The number of halogens is 3. The van der Waals surface area contributed by atoms with Gasteiger partial charge in [-0.25, -0.2) is 0 Å². The van der Waals surface area contributed by atoms with Crippen molar-refractivity contribution in [1.82, 2.24) is 0 Å². The Morgan fingerprint density at radius 1 is 1.17 bits per heavy atom. The van der Waals surface area contributed by atoms with Gasteiger partial charge in [-0.2, -0.15) is 13.2 Å². The molecule has 0 bridgehead atoms. The summed E-state index contributed by atoms with van der Waals surface area (Å²) in [4.78, 5) is 0. The van der Waals surface area contributed by atoms with Crippen LogP contribution in [0.4, 0.5) is 13.2 Å². The van der Waals surface area contributed by atoms with Crippen molar-refractivity contribution in [2.45, 2.75) is 6.18 Å². The molecule has 0 unspecified atom stereocenters. The molecule has 0 fully saturated rings. The normalized spacial score (nSPS) is 10.6. The Hall–Kier alpha value is -0.658. The van der Waals surface area contributed by atoms with Crippen LogP contribution in [-0.2, 0) is 23.5 Å². The first-order chi connectivity index (χ1) is 5.00. The summed E-state index contributed by atoms with van der Waals surface area (Å²) in [6.45, 7) is 0. The Labute approximate surface area is 78.0 Å². The van der Waals surface area contributed by atoms with Crippen LogP contribution in [-0.4, -0.2) is 5.11 Å². The molecule has 0 aliphatic heterocycles. The van der Waals surface area contributed by atoms with Gasteiger partial charge in [-0.05, 0) is 18.2 Å². The van der Waals surface area contributed by atoms with E-state index in [1.165, 1.54) is 6.07 Å². The molecule has 66 valence electrons. The van der Waals surface area contributed by atoms with Crippen LogP contribution in [0.15, 0.2) is 24.3 Å². The first-order valence-corrected chi connectivity index (χ1v) is 2.86. The number of phenols is 1. The van der Waals surface area contributed by atoms with Crippen molar-refractivity contribution in [3.63, 3.8) is 0 Å². The van der Waals surface area contributed by atoms with Gasteiger partial charge in [-0.15, -0.1) is 0 Å². The average molecular weight is 214 g/mol. The van der Waals surface area contributed by atoms with Gasteiger partial charge >= 0.3 is 6.18 Å². The minimum Gasteiger partial charge on any atom is -0.508 e. The Kier molecular flexibility index (Phi) is 3.62. The smallest absolute Gasteiger partial charge is 0.416 e. The van der Waals surface area contributed by atoms with Crippen LogP contribution in [0.2, 0.25) is 0 Å². The quantitative estimate of drug-likeness (QED) is 0.703. The molecule has 0 saturated carbocycles. The van der Waals surface area contributed by atoms with Crippen molar-refractivity contribution < 1.29 is 35.6 Å². The fourth-order valence-electron chi connectivity index (χ4n) is 0.682. The van der Waals surface area contributed by atoms with E-state index in [0.717, 1.165) is 12.1 Å². The molecule has 0 atom stereocenters. The molecule has 1 N–H and O–H groups in total. The zero-order valence-electron chi connectivity index (χ0n) is 5.80. The average Bonchev–Trinajstić information content (AvgIpc) is 1.86. The van der Waals surface area contributed by atoms with Gasteiger partial charge in [0.15, 0.2) is 0 Å². The van der Waals surface area contributed by atoms with Crippen molar-refractivity contribution in [1.29, 1.82) is 0 Å². The van der Waals surface area contributed by atoms with Gasteiger partial charge < -0.3 is 5.11 Å². The Morgan fingerprint density at radius 3 is 2.08 bits per heavy atom. The molecular weight excluding hydrogens is 209 g/mol. The van der Waals surface area contributed by atoms with E-state index in [1.54, 1.807) is 0 Å². The number of alkyl halides is 3. The number of aromatic hydroxyl groups is 1. The van der Waals surface area contributed by atoms with Crippen LogP contribution in [0, 0.1) is 0 Å². The van der Waals surface area contributed by atoms with Gasteiger partial charge in [0.25, 0.3) is 0 Å². The van der Waals surface area contributed by atoms with Crippen LogP contribution >= 0.6 is 0 Å². The van der Waals surface area contributed by atoms with E-state index in [0.29, 0.717) is 6.07 Å². The number of hydrogen-bond acceptors (Lipinski definition) is 1. The third kappa shape index (κ3) is 2.76. The van der Waals surface area contributed by atoms with E-state index in [4.69, 9.17) is 5.11 Å². The van der Waals surface area contributed by atoms with Crippen molar-refractivity contribution in [2.24, 2.45) is 0 Å². The van der Waals surface area contributed by atoms with E-state index in [-0.39, 0.29) is 23.1 Å². The van der Waals surface area contributed by atoms with Gasteiger partial charge in [0.1, 0.15) is 5.75 Å². The molecule has 0 spiro atoms. The second kappa shape index (κ2) is 3.83. The molecule has 0 aliphatic rings. The van der Waals surface area contributed by atoms with Gasteiger partial charge in [0.2, 0.25) is 0 Å².